The zero-order valence-electron chi connectivity index (χ0n) is 9.94. The Morgan fingerprint density at radius 3 is 2.38 bits per heavy atom. The summed E-state index contributed by atoms with van der Waals surface area (Å²) in [6, 6.07) is 3.38. The van der Waals surface area contributed by atoms with Gasteiger partial charge in [0.25, 0.3) is 5.91 Å². The van der Waals surface area contributed by atoms with E-state index >= 15 is 0 Å². The first kappa shape index (κ1) is 12.5. The van der Waals surface area contributed by atoms with Gasteiger partial charge in [-0.15, -0.1) is 0 Å². The second-order valence-corrected chi connectivity index (χ2v) is 3.77. The number of hydrogen-bond acceptors (Lipinski definition) is 3. The van der Waals surface area contributed by atoms with Crippen LogP contribution >= 0.6 is 0 Å². The molecule has 1 heterocycles. The van der Waals surface area contributed by atoms with Gasteiger partial charge in [-0.3, -0.25) is 4.79 Å². The van der Waals surface area contributed by atoms with Gasteiger partial charge in [-0.2, -0.15) is 0 Å². The predicted octanol–water partition coefficient (Wildman–Crippen LogP) is 1.93. The fraction of sp³-hybridized carbons (Fsp3) is 0.500. The summed E-state index contributed by atoms with van der Waals surface area (Å²) in [4.78, 5) is 17.9. The van der Waals surface area contributed by atoms with Gasteiger partial charge in [0.05, 0.1) is 11.9 Å². The Hall–Kier alpha value is -1.58. The van der Waals surface area contributed by atoms with Crippen LogP contribution in [0.15, 0.2) is 18.3 Å². The molecule has 0 fully saturated rings. The van der Waals surface area contributed by atoms with Gasteiger partial charge in [-0.1, -0.05) is 13.8 Å². The minimum Gasteiger partial charge on any atom is -0.397 e. The number of hydrogen-bond donors (Lipinski definition) is 1. The first-order valence-electron chi connectivity index (χ1n) is 5.69. The normalized spacial score (nSPS) is 10.1. The van der Waals surface area contributed by atoms with E-state index in [4.69, 9.17) is 5.73 Å². The van der Waals surface area contributed by atoms with Crippen LogP contribution in [0.1, 0.15) is 37.2 Å². The number of rotatable bonds is 5. The van der Waals surface area contributed by atoms with E-state index in [2.05, 4.69) is 18.8 Å². The van der Waals surface area contributed by atoms with Gasteiger partial charge in [0.15, 0.2) is 0 Å². The van der Waals surface area contributed by atoms with Gasteiger partial charge in [-0.25, -0.2) is 4.98 Å². The summed E-state index contributed by atoms with van der Waals surface area (Å²) in [6.07, 6.45) is 3.44. The van der Waals surface area contributed by atoms with Crippen molar-refractivity contribution < 1.29 is 4.79 Å². The van der Waals surface area contributed by atoms with Crippen LogP contribution in [0.4, 0.5) is 5.69 Å². The second-order valence-electron chi connectivity index (χ2n) is 3.77. The van der Waals surface area contributed by atoms with Crippen LogP contribution in [-0.2, 0) is 0 Å². The van der Waals surface area contributed by atoms with Gasteiger partial charge < -0.3 is 10.6 Å². The molecule has 4 nitrogen and oxygen atoms in total. The van der Waals surface area contributed by atoms with E-state index < -0.39 is 0 Å². The van der Waals surface area contributed by atoms with Crippen molar-refractivity contribution in [3.05, 3.63) is 24.0 Å². The zero-order valence-corrected chi connectivity index (χ0v) is 9.94. The molecule has 1 aromatic rings. The predicted molar refractivity (Wildman–Crippen MR) is 65.1 cm³/mol. The molecule has 0 bridgehead atoms. The lowest BCUT2D eigenvalue weighted by Gasteiger charge is -2.20. The Kier molecular flexibility index (Phi) is 4.76. The molecule has 0 aromatic carbocycles. The van der Waals surface area contributed by atoms with Crippen molar-refractivity contribution >= 4 is 11.6 Å². The van der Waals surface area contributed by atoms with E-state index in [9.17, 15) is 4.79 Å². The molecule has 0 unspecified atom stereocenters. The topological polar surface area (TPSA) is 59.2 Å². The average molecular weight is 221 g/mol. The summed E-state index contributed by atoms with van der Waals surface area (Å²) in [5.41, 5.74) is 6.58. The first-order chi connectivity index (χ1) is 7.69. The van der Waals surface area contributed by atoms with Gasteiger partial charge in [0.1, 0.15) is 5.69 Å². The lowest BCUT2D eigenvalue weighted by molar-refractivity contribution is 0.0750. The number of nitrogen functional groups attached to an aromatic ring is 1. The number of carbonyl (C=O) groups excluding carboxylic acids is 1. The van der Waals surface area contributed by atoms with Crippen molar-refractivity contribution in [2.24, 2.45) is 0 Å². The molecule has 0 radical (unpaired) electrons. The molecular formula is C12H19N3O. The summed E-state index contributed by atoms with van der Waals surface area (Å²) in [6.45, 7) is 5.68. The van der Waals surface area contributed by atoms with Crippen molar-refractivity contribution in [3.8, 4) is 0 Å². The van der Waals surface area contributed by atoms with E-state index in [1.807, 2.05) is 4.90 Å². The van der Waals surface area contributed by atoms with Crippen LogP contribution in [0.3, 0.4) is 0 Å². The van der Waals surface area contributed by atoms with E-state index in [1.54, 1.807) is 12.1 Å². The molecule has 1 aromatic heterocycles. The minimum absolute atomic E-state index is 0.0105. The Labute approximate surface area is 96.5 Å². The highest BCUT2D eigenvalue weighted by molar-refractivity contribution is 5.92. The highest BCUT2D eigenvalue weighted by Gasteiger charge is 2.14. The molecule has 2 N–H and O–H groups in total. The highest BCUT2D eigenvalue weighted by atomic mass is 16.2. The van der Waals surface area contributed by atoms with Crippen molar-refractivity contribution in [2.75, 3.05) is 18.8 Å². The summed E-state index contributed by atoms with van der Waals surface area (Å²) in [5, 5.41) is 0. The lowest BCUT2D eigenvalue weighted by Crippen LogP contribution is -2.33. The number of aromatic nitrogens is 1. The molecule has 16 heavy (non-hydrogen) atoms. The molecule has 0 spiro atoms. The maximum absolute atomic E-state index is 12.1. The average Bonchev–Trinajstić information content (AvgIpc) is 2.29. The Morgan fingerprint density at radius 2 is 1.94 bits per heavy atom. The lowest BCUT2D eigenvalue weighted by atomic mass is 10.2. The van der Waals surface area contributed by atoms with Gasteiger partial charge in [-0.05, 0) is 25.0 Å². The van der Waals surface area contributed by atoms with Crippen LogP contribution < -0.4 is 5.73 Å². The zero-order chi connectivity index (χ0) is 12.0. The highest BCUT2D eigenvalue weighted by Crippen LogP contribution is 2.06. The summed E-state index contributed by atoms with van der Waals surface area (Å²) in [5.74, 6) is -0.0105. The van der Waals surface area contributed by atoms with E-state index in [1.165, 1.54) is 6.20 Å². The molecule has 0 saturated heterocycles. The fourth-order valence-corrected chi connectivity index (χ4v) is 1.55. The number of anilines is 1. The number of pyridine rings is 1. The smallest absolute Gasteiger partial charge is 0.272 e. The SMILES string of the molecule is CCCN(CCC)C(=O)c1ccc(N)cn1. The number of nitrogens with two attached hydrogens (primary N) is 1. The van der Waals surface area contributed by atoms with Gasteiger partial charge >= 0.3 is 0 Å². The van der Waals surface area contributed by atoms with Gasteiger partial charge in [0.2, 0.25) is 0 Å². The molecule has 0 aliphatic heterocycles. The van der Waals surface area contributed by atoms with Crippen molar-refractivity contribution in [1.29, 1.82) is 0 Å². The van der Waals surface area contributed by atoms with Crippen molar-refractivity contribution in [2.45, 2.75) is 26.7 Å². The second kappa shape index (κ2) is 6.10. The van der Waals surface area contributed by atoms with Crippen LogP contribution in [0.5, 0.6) is 0 Å². The largest absolute Gasteiger partial charge is 0.397 e. The quantitative estimate of drug-likeness (QED) is 0.826. The minimum atomic E-state index is -0.0105. The van der Waals surface area contributed by atoms with Gasteiger partial charge in [0, 0.05) is 13.1 Å². The standard InChI is InChI=1S/C12H19N3O/c1-3-7-15(8-4-2)12(16)11-6-5-10(13)9-14-11/h5-6,9H,3-4,7-8,13H2,1-2H3. The number of carbonyl (C=O) groups is 1. The van der Waals surface area contributed by atoms with Crippen LogP contribution in [0, 0.1) is 0 Å². The Bertz CT molecular complexity index is 329. The van der Waals surface area contributed by atoms with Crippen LogP contribution in [0.2, 0.25) is 0 Å². The summed E-state index contributed by atoms with van der Waals surface area (Å²) < 4.78 is 0. The fourth-order valence-electron chi connectivity index (χ4n) is 1.55. The molecule has 1 rings (SSSR count). The molecule has 0 aliphatic carbocycles. The van der Waals surface area contributed by atoms with Crippen LogP contribution in [-0.4, -0.2) is 28.9 Å². The number of amides is 1. The maximum Gasteiger partial charge on any atom is 0.272 e. The van der Waals surface area contributed by atoms with Crippen molar-refractivity contribution in [1.82, 2.24) is 9.88 Å². The van der Waals surface area contributed by atoms with E-state index in [0.29, 0.717) is 11.4 Å². The monoisotopic (exact) mass is 221 g/mol. The Morgan fingerprint density at radius 1 is 1.31 bits per heavy atom. The number of nitrogens with zero attached hydrogens (tertiary/aromatic N) is 2. The Balaban J connectivity index is 2.77. The maximum atomic E-state index is 12.1. The first-order valence-corrected chi connectivity index (χ1v) is 5.69. The molecule has 0 saturated carbocycles. The molecule has 88 valence electrons. The molecule has 0 aliphatic rings. The van der Waals surface area contributed by atoms with Crippen molar-refractivity contribution in [3.63, 3.8) is 0 Å². The molecule has 4 heteroatoms. The molecular weight excluding hydrogens is 202 g/mol. The van der Waals surface area contributed by atoms with E-state index in [0.717, 1.165) is 25.9 Å². The van der Waals surface area contributed by atoms with E-state index in [-0.39, 0.29) is 5.91 Å². The van der Waals surface area contributed by atoms with Crippen LogP contribution in [0.25, 0.3) is 0 Å². The third-order valence-corrected chi connectivity index (χ3v) is 2.28. The summed E-state index contributed by atoms with van der Waals surface area (Å²) in [7, 11) is 0. The molecule has 0 atom stereocenters. The summed E-state index contributed by atoms with van der Waals surface area (Å²) >= 11 is 0. The third-order valence-electron chi connectivity index (χ3n) is 2.28. The molecule has 1 amide bonds. The third kappa shape index (κ3) is 3.22.